The number of hydrogen-bond acceptors (Lipinski definition) is 2. The third-order valence-corrected chi connectivity index (χ3v) is 1.06. The van der Waals surface area contributed by atoms with E-state index in [1.807, 2.05) is 6.92 Å². The van der Waals surface area contributed by atoms with Crippen molar-refractivity contribution in [1.29, 1.82) is 0 Å². The van der Waals surface area contributed by atoms with Gasteiger partial charge in [0.05, 0.1) is 0 Å². The second-order valence-electron chi connectivity index (χ2n) is 2.01. The van der Waals surface area contributed by atoms with Gasteiger partial charge in [0.1, 0.15) is 7.11 Å². The number of amides is 2. The Morgan fingerprint density at radius 2 is 2.27 bits per heavy atom. The number of rotatable bonds is 5. The Morgan fingerprint density at radius 3 is 2.82 bits per heavy atom. The van der Waals surface area contributed by atoms with E-state index in [0.29, 0.717) is 19.7 Å². The monoisotopic (exact) mass is 158 g/mol. The molecule has 0 heterocycles. The number of carbonyl (C=O) groups is 1. The van der Waals surface area contributed by atoms with E-state index in [-0.39, 0.29) is 6.03 Å². The molecule has 2 radical (unpaired) electrons. The first kappa shape index (κ1) is 10.2. The van der Waals surface area contributed by atoms with Crippen LogP contribution in [-0.2, 0) is 4.74 Å². The summed E-state index contributed by atoms with van der Waals surface area (Å²) in [6.45, 7) is 3.55. The maximum absolute atomic E-state index is 10.7. The van der Waals surface area contributed by atoms with Crippen LogP contribution in [0.3, 0.4) is 0 Å². The first-order valence-electron chi connectivity index (χ1n) is 3.64. The van der Waals surface area contributed by atoms with Crippen LogP contribution in [0.15, 0.2) is 0 Å². The van der Waals surface area contributed by atoms with Crippen molar-refractivity contribution in [2.45, 2.75) is 13.3 Å². The lowest BCUT2D eigenvalue weighted by Gasteiger charge is -2.04. The molecule has 0 aromatic heterocycles. The highest BCUT2D eigenvalue weighted by Gasteiger charge is 1.94. The molecule has 0 saturated carbocycles. The lowest BCUT2D eigenvalue weighted by molar-refractivity contribution is 0.228. The van der Waals surface area contributed by atoms with Gasteiger partial charge in [0.15, 0.2) is 0 Å². The molecule has 0 aliphatic rings. The number of ether oxygens (including phenoxy) is 1. The minimum Gasteiger partial charge on any atom is -0.373 e. The fourth-order valence-corrected chi connectivity index (χ4v) is 0.580. The Bertz CT molecular complexity index is 107. The molecule has 0 bridgehead atoms. The maximum atomic E-state index is 10.7. The molecule has 0 aliphatic heterocycles. The van der Waals surface area contributed by atoms with Gasteiger partial charge in [0.2, 0.25) is 0 Å². The van der Waals surface area contributed by atoms with Crippen molar-refractivity contribution in [3.63, 3.8) is 0 Å². The molecule has 0 aromatic carbocycles. The molecule has 0 fully saturated rings. The molecule has 2 N–H and O–H groups in total. The normalized spacial score (nSPS) is 9.27. The molecule has 0 spiro atoms. The van der Waals surface area contributed by atoms with Gasteiger partial charge in [-0.25, -0.2) is 4.79 Å². The van der Waals surface area contributed by atoms with E-state index in [2.05, 4.69) is 15.4 Å². The molecule has 4 nitrogen and oxygen atoms in total. The lowest BCUT2D eigenvalue weighted by Crippen LogP contribution is -2.35. The average molecular weight is 158 g/mol. The molecule has 0 aliphatic carbocycles. The Balaban J connectivity index is 3.04. The van der Waals surface area contributed by atoms with Crippen molar-refractivity contribution in [1.82, 2.24) is 10.6 Å². The Labute approximate surface area is 67.3 Å². The number of nitrogens with one attached hydrogen (secondary N) is 2. The maximum Gasteiger partial charge on any atom is 0.314 e. The zero-order valence-corrected chi connectivity index (χ0v) is 6.72. The fraction of sp³-hybridized carbons (Fsp3) is 0.714. The second-order valence-corrected chi connectivity index (χ2v) is 2.01. The predicted octanol–water partition coefficient (Wildman–Crippen LogP) is 0.381. The quantitative estimate of drug-likeness (QED) is 0.568. The van der Waals surface area contributed by atoms with E-state index in [9.17, 15) is 4.79 Å². The molecule has 0 unspecified atom stereocenters. The Hall–Kier alpha value is -0.770. The van der Waals surface area contributed by atoms with Gasteiger partial charge in [-0.05, 0) is 13.3 Å². The Morgan fingerprint density at radius 1 is 1.55 bits per heavy atom. The average Bonchev–Trinajstić information content (AvgIpc) is 1.99. The minimum atomic E-state index is -0.149. The van der Waals surface area contributed by atoms with Crippen LogP contribution in [-0.4, -0.2) is 25.7 Å². The standard InChI is InChI=1S/C7H14N2O2/c1-3-8-7(10)9-5-4-6-11-2/h2H,3-6H2,1H3,(H2,8,9,10). The second kappa shape index (κ2) is 7.34. The van der Waals surface area contributed by atoms with Crippen molar-refractivity contribution >= 4 is 6.03 Å². The molecule has 4 heteroatoms. The minimum absolute atomic E-state index is 0.149. The number of hydrogen-bond donors (Lipinski definition) is 2. The summed E-state index contributed by atoms with van der Waals surface area (Å²) in [5.74, 6) is 0. The van der Waals surface area contributed by atoms with E-state index < -0.39 is 0 Å². The lowest BCUT2D eigenvalue weighted by atomic mass is 10.4. The van der Waals surface area contributed by atoms with Crippen LogP contribution >= 0.6 is 0 Å². The molecule has 11 heavy (non-hydrogen) atoms. The van der Waals surface area contributed by atoms with Crippen LogP contribution in [0.4, 0.5) is 4.79 Å². The van der Waals surface area contributed by atoms with Crippen molar-refractivity contribution in [3.8, 4) is 0 Å². The summed E-state index contributed by atoms with van der Waals surface area (Å²) in [6, 6.07) is -0.149. The van der Waals surface area contributed by atoms with Gasteiger partial charge in [-0.1, -0.05) is 0 Å². The third-order valence-electron chi connectivity index (χ3n) is 1.06. The van der Waals surface area contributed by atoms with Gasteiger partial charge < -0.3 is 15.4 Å². The largest absolute Gasteiger partial charge is 0.373 e. The molecule has 0 atom stereocenters. The van der Waals surface area contributed by atoms with E-state index in [1.165, 1.54) is 0 Å². The highest BCUT2D eigenvalue weighted by Crippen LogP contribution is 1.77. The van der Waals surface area contributed by atoms with E-state index in [1.54, 1.807) is 0 Å². The number of urea groups is 1. The Kier molecular flexibility index (Phi) is 6.82. The molecule has 2 amide bonds. The third kappa shape index (κ3) is 7.12. The SMILES string of the molecule is [CH]OCCCNC(=O)NCC. The van der Waals surface area contributed by atoms with Gasteiger partial charge in [0.25, 0.3) is 0 Å². The molecule has 0 rings (SSSR count). The highest BCUT2D eigenvalue weighted by atomic mass is 16.5. The van der Waals surface area contributed by atoms with Crippen molar-refractivity contribution in [2.24, 2.45) is 0 Å². The highest BCUT2D eigenvalue weighted by molar-refractivity contribution is 5.73. The van der Waals surface area contributed by atoms with Crippen molar-refractivity contribution in [2.75, 3.05) is 19.7 Å². The van der Waals surface area contributed by atoms with Crippen LogP contribution < -0.4 is 10.6 Å². The smallest absolute Gasteiger partial charge is 0.314 e. The molecule has 0 aromatic rings. The van der Waals surface area contributed by atoms with E-state index >= 15 is 0 Å². The zero-order chi connectivity index (χ0) is 8.53. The number of carbonyl (C=O) groups excluding carboxylic acids is 1. The van der Waals surface area contributed by atoms with E-state index in [0.717, 1.165) is 6.42 Å². The van der Waals surface area contributed by atoms with Crippen LogP contribution in [0.5, 0.6) is 0 Å². The summed E-state index contributed by atoms with van der Waals surface area (Å²) >= 11 is 0. The zero-order valence-electron chi connectivity index (χ0n) is 6.72. The molecule has 64 valence electrons. The summed E-state index contributed by atoms with van der Waals surface area (Å²) in [5, 5.41) is 5.23. The van der Waals surface area contributed by atoms with Crippen molar-refractivity contribution < 1.29 is 9.53 Å². The van der Waals surface area contributed by atoms with Crippen LogP contribution in [0.25, 0.3) is 0 Å². The topological polar surface area (TPSA) is 50.4 Å². The van der Waals surface area contributed by atoms with E-state index in [4.69, 9.17) is 7.11 Å². The van der Waals surface area contributed by atoms with Gasteiger partial charge in [-0.2, -0.15) is 0 Å². The summed E-state index contributed by atoms with van der Waals surface area (Å²) in [4.78, 5) is 10.7. The molecular formula is C7H14N2O2. The summed E-state index contributed by atoms with van der Waals surface area (Å²) in [7, 11) is 4.78. The summed E-state index contributed by atoms with van der Waals surface area (Å²) in [6.07, 6.45) is 0.730. The van der Waals surface area contributed by atoms with Gasteiger partial charge in [-0.15, -0.1) is 0 Å². The first-order chi connectivity index (χ1) is 5.31. The molecular weight excluding hydrogens is 144 g/mol. The molecule has 0 saturated heterocycles. The van der Waals surface area contributed by atoms with Gasteiger partial charge in [-0.3, -0.25) is 0 Å². The van der Waals surface area contributed by atoms with Crippen LogP contribution in [0.2, 0.25) is 0 Å². The van der Waals surface area contributed by atoms with Crippen LogP contribution in [0.1, 0.15) is 13.3 Å². The van der Waals surface area contributed by atoms with Gasteiger partial charge >= 0.3 is 6.03 Å². The van der Waals surface area contributed by atoms with Gasteiger partial charge in [0, 0.05) is 19.7 Å². The fourth-order valence-electron chi connectivity index (χ4n) is 0.580. The van der Waals surface area contributed by atoms with Crippen LogP contribution in [0, 0.1) is 7.11 Å². The van der Waals surface area contributed by atoms with Crippen molar-refractivity contribution in [3.05, 3.63) is 7.11 Å². The summed E-state index contributed by atoms with van der Waals surface area (Å²) in [5.41, 5.74) is 0. The predicted molar refractivity (Wildman–Crippen MR) is 41.9 cm³/mol. The first-order valence-corrected chi connectivity index (χ1v) is 3.64. The summed E-state index contributed by atoms with van der Waals surface area (Å²) < 4.78 is 4.31.